The van der Waals surface area contributed by atoms with Crippen molar-refractivity contribution in [1.29, 1.82) is 5.26 Å². The molecule has 0 saturated heterocycles. The van der Waals surface area contributed by atoms with Crippen molar-refractivity contribution in [3.63, 3.8) is 0 Å². The quantitative estimate of drug-likeness (QED) is 0.694. The van der Waals surface area contributed by atoms with Crippen LogP contribution in [0.5, 0.6) is 0 Å². The van der Waals surface area contributed by atoms with E-state index in [1.165, 1.54) is 0 Å². The zero-order valence-corrected chi connectivity index (χ0v) is 8.30. The number of carbonyl (C=O) groups excluding carboxylic acids is 1. The molecule has 0 unspecified atom stereocenters. The van der Waals surface area contributed by atoms with E-state index in [-0.39, 0.29) is 11.1 Å². The van der Waals surface area contributed by atoms with Gasteiger partial charge in [-0.15, -0.1) is 0 Å². The van der Waals surface area contributed by atoms with Crippen molar-refractivity contribution in [2.24, 2.45) is 5.73 Å². The highest BCUT2D eigenvalue weighted by atomic mass is 19.4. The lowest BCUT2D eigenvalue weighted by Gasteiger charge is -2.07. The van der Waals surface area contributed by atoms with Crippen LogP contribution in [0.15, 0.2) is 18.2 Å². The van der Waals surface area contributed by atoms with E-state index in [1.807, 2.05) is 5.92 Å². The number of nitrogens with two attached hydrogens (primary N) is 1. The summed E-state index contributed by atoms with van der Waals surface area (Å²) in [7, 11) is 0. The van der Waals surface area contributed by atoms with Crippen LogP contribution in [-0.2, 0) is 11.0 Å². The summed E-state index contributed by atoms with van der Waals surface area (Å²) in [5, 5.41) is 8.66. The third kappa shape index (κ3) is 3.25. The molecule has 0 atom stereocenters. The Balaban J connectivity index is 3.33. The predicted octanol–water partition coefficient (Wildman–Crippen LogP) is 1.41. The first-order valence-corrected chi connectivity index (χ1v) is 4.27. The minimum absolute atomic E-state index is 0.0493. The van der Waals surface area contributed by atoms with Gasteiger partial charge in [0.2, 0.25) is 0 Å². The normalized spacial score (nSPS) is 10.0. The van der Waals surface area contributed by atoms with Gasteiger partial charge in [0, 0.05) is 11.5 Å². The van der Waals surface area contributed by atoms with Gasteiger partial charge in [0.05, 0.1) is 11.1 Å². The summed E-state index contributed by atoms with van der Waals surface area (Å²) in [4.78, 5) is 10.4. The van der Waals surface area contributed by atoms with Crippen molar-refractivity contribution in [2.45, 2.75) is 6.18 Å². The zero-order valence-electron chi connectivity index (χ0n) is 8.30. The van der Waals surface area contributed by atoms with Gasteiger partial charge in [-0.2, -0.15) is 18.4 Å². The number of alkyl halides is 3. The van der Waals surface area contributed by atoms with Gasteiger partial charge in [0.1, 0.15) is 6.07 Å². The summed E-state index contributed by atoms with van der Waals surface area (Å²) < 4.78 is 37.1. The van der Waals surface area contributed by atoms with Gasteiger partial charge in [-0.1, -0.05) is 5.92 Å². The van der Waals surface area contributed by atoms with E-state index in [2.05, 4.69) is 5.92 Å². The molecule has 0 aromatic heterocycles. The molecule has 2 N–H and O–H groups in total. The van der Waals surface area contributed by atoms with Gasteiger partial charge in [0.25, 0.3) is 5.91 Å². The van der Waals surface area contributed by atoms with Crippen molar-refractivity contribution >= 4 is 5.91 Å². The van der Waals surface area contributed by atoms with E-state index in [4.69, 9.17) is 11.0 Å². The Morgan fingerprint density at radius 1 is 1.29 bits per heavy atom. The second-order valence-electron chi connectivity index (χ2n) is 2.98. The highest BCUT2D eigenvalue weighted by molar-refractivity contribution is 5.92. The molecular formula is C11H5F3N2O. The van der Waals surface area contributed by atoms with Crippen LogP contribution in [0.2, 0.25) is 0 Å². The molecule has 1 rings (SSSR count). The molecule has 86 valence electrons. The van der Waals surface area contributed by atoms with Crippen LogP contribution in [0.4, 0.5) is 13.2 Å². The van der Waals surface area contributed by atoms with E-state index in [0.717, 1.165) is 12.1 Å². The minimum atomic E-state index is -4.53. The number of hydrogen-bond acceptors (Lipinski definition) is 2. The fourth-order valence-electron chi connectivity index (χ4n) is 1.05. The molecule has 0 saturated carbocycles. The number of carbonyl (C=O) groups is 1. The molecule has 0 aliphatic carbocycles. The average molecular weight is 238 g/mol. The molecule has 3 nitrogen and oxygen atoms in total. The van der Waals surface area contributed by atoms with Crippen molar-refractivity contribution in [1.82, 2.24) is 0 Å². The highest BCUT2D eigenvalue weighted by Gasteiger charge is 2.30. The van der Waals surface area contributed by atoms with E-state index in [1.54, 1.807) is 6.07 Å². The molecule has 1 amide bonds. The average Bonchev–Trinajstić information content (AvgIpc) is 2.24. The summed E-state index contributed by atoms with van der Waals surface area (Å²) in [5.74, 6) is 3.03. The topological polar surface area (TPSA) is 66.9 Å². The van der Waals surface area contributed by atoms with E-state index < -0.39 is 17.6 Å². The summed E-state index contributed by atoms with van der Waals surface area (Å²) in [6.07, 6.45) is -4.53. The molecule has 0 heterocycles. The second kappa shape index (κ2) is 4.58. The van der Waals surface area contributed by atoms with Gasteiger partial charge in [0.15, 0.2) is 0 Å². The van der Waals surface area contributed by atoms with Crippen LogP contribution in [0.1, 0.15) is 16.7 Å². The summed E-state index contributed by atoms with van der Waals surface area (Å²) in [6, 6.07) is 4.14. The van der Waals surface area contributed by atoms with Crippen molar-refractivity contribution in [3.8, 4) is 17.9 Å². The number of primary amides is 1. The Morgan fingerprint density at radius 2 is 1.94 bits per heavy atom. The summed E-state index contributed by atoms with van der Waals surface area (Å²) in [5.41, 5.74) is 3.57. The fourth-order valence-corrected chi connectivity index (χ4v) is 1.05. The number of hydrogen-bond donors (Lipinski definition) is 1. The molecule has 17 heavy (non-hydrogen) atoms. The van der Waals surface area contributed by atoms with Crippen LogP contribution >= 0.6 is 0 Å². The van der Waals surface area contributed by atoms with Gasteiger partial charge in [-0.3, -0.25) is 4.79 Å². The third-order valence-corrected chi connectivity index (χ3v) is 1.79. The first kappa shape index (κ1) is 12.6. The maximum atomic E-state index is 12.4. The lowest BCUT2D eigenvalue weighted by Crippen LogP contribution is -2.07. The van der Waals surface area contributed by atoms with Crippen LogP contribution in [0, 0.1) is 23.2 Å². The van der Waals surface area contributed by atoms with E-state index >= 15 is 0 Å². The zero-order chi connectivity index (χ0) is 13.1. The molecule has 0 aliphatic heterocycles. The molecule has 0 spiro atoms. The monoisotopic (exact) mass is 238 g/mol. The third-order valence-electron chi connectivity index (χ3n) is 1.79. The molecule has 0 bridgehead atoms. The van der Waals surface area contributed by atoms with Crippen molar-refractivity contribution in [2.75, 3.05) is 0 Å². The highest BCUT2D eigenvalue weighted by Crippen LogP contribution is 2.30. The molecule has 1 aromatic rings. The molecule has 0 fully saturated rings. The summed E-state index contributed by atoms with van der Waals surface area (Å²) >= 11 is 0. The van der Waals surface area contributed by atoms with Gasteiger partial charge in [-0.05, 0) is 18.2 Å². The maximum absolute atomic E-state index is 12.4. The maximum Gasteiger partial charge on any atom is 0.416 e. The Bertz CT molecular complexity index is 559. The van der Waals surface area contributed by atoms with Crippen LogP contribution in [0.25, 0.3) is 0 Å². The molecule has 0 radical (unpaired) electrons. The first-order valence-electron chi connectivity index (χ1n) is 4.27. The summed E-state index contributed by atoms with van der Waals surface area (Å²) in [6.45, 7) is 0. The van der Waals surface area contributed by atoms with Crippen LogP contribution in [0.3, 0.4) is 0 Å². The lowest BCUT2D eigenvalue weighted by atomic mass is 10.0. The number of rotatable bonds is 0. The standard InChI is InChI=1S/C11H5F3N2O/c12-11(13,14)9-3-1-8(6-15)7(5-9)2-4-10(16)17/h1,3,5H,(H2,16,17). The Kier molecular flexibility index (Phi) is 3.40. The number of nitriles is 1. The van der Waals surface area contributed by atoms with Gasteiger partial charge in [-0.25, -0.2) is 0 Å². The second-order valence-corrected chi connectivity index (χ2v) is 2.98. The van der Waals surface area contributed by atoms with Gasteiger partial charge < -0.3 is 5.73 Å². The molecular weight excluding hydrogens is 233 g/mol. The Hall–Kier alpha value is -2.47. The molecule has 1 aromatic carbocycles. The SMILES string of the molecule is N#Cc1ccc(C(F)(F)F)cc1C#CC(N)=O. The van der Waals surface area contributed by atoms with Crippen LogP contribution < -0.4 is 5.73 Å². The van der Waals surface area contributed by atoms with Crippen LogP contribution in [-0.4, -0.2) is 5.91 Å². The predicted molar refractivity (Wildman–Crippen MR) is 52.2 cm³/mol. The Morgan fingerprint density at radius 3 is 2.41 bits per heavy atom. The molecule has 6 heteroatoms. The van der Waals surface area contributed by atoms with Crippen molar-refractivity contribution in [3.05, 3.63) is 34.9 Å². The Labute approximate surface area is 94.6 Å². The van der Waals surface area contributed by atoms with Gasteiger partial charge >= 0.3 is 6.18 Å². The minimum Gasteiger partial charge on any atom is -0.359 e. The number of nitrogens with zero attached hydrogens (tertiary/aromatic N) is 1. The number of amides is 1. The van der Waals surface area contributed by atoms with E-state index in [9.17, 15) is 18.0 Å². The fraction of sp³-hybridized carbons (Fsp3) is 0.0909. The number of halogens is 3. The smallest absolute Gasteiger partial charge is 0.359 e. The van der Waals surface area contributed by atoms with Crippen molar-refractivity contribution < 1.29 is 18.0 Å². The largest absolute Gasteiger partial charge is 0.416 e. The first-order chi connectivity index (χ1) is 7.84. The molecule has 0 aliphatic rings. The van der Waals surface area contributed by atoms with E-state index in [0.29, 0.717) is 6.07 Å². The number of benzene rings is 1. The lowest BCUT2D eigenvalue weighted by molar-refractivity contribution is -0.137.